The van der Waals surface area contributed by atoms with Gasteiger partial charge in [-0.2, -0.15) is 0 Å². The molecule has 0 radical (unpaired) electrons. The maximum atomic E-state index is 9.83. The van der Waals surface area contributed by atoms with Crippen molar-refractivity contribution < 1.29 is 9.84 Å². The van der Waals surface area contributed by atoms with Crippen molar-refractivity contribution in [1.82, 2.24) is 5.32 Å². The summed E-state index contributed by atoms with van der Waals surface area (Å²) in [7, 11) is 1.70. The topological polar surface area (TPSA) is 41.5 Å². The van der Waals surface area contributed by atoms with Crippen LogP contribution in [0.25, 0.3) is 0 Å². The Morgan fingerprint density at radius 3 is 2.89 bits per heavy atom. The van der Waals surface area contributed by atoms with Crippen LogP contribution in [0, 0.1) is 5.92 Å². The van der Waals surface area contributed by atoms with E-state index in [9.17, 15) is 5.11 Å². The second kappa shape index (κ2) is 5.14. The zero-order chi connectivity index (χ0) is 13.3. The predicted molar refractivity (Wildman–Crippen MR) is 75.6 cm³/mol. The fraction of sp³-hybridized carbons (Fsp3) is 0.625. The van der Waals surface area contributed by atoms with Crippen LogP contribution in [0.5, 0.6) is 5.75 Å². The molecular formula is C16H23NO2. The van der Waals surface area contributed by atoms with E-state index < -0.39 is 0 Å². The molecule has 19 heavy (non-hydrogen) atoms. The third-order valence-corrected chi connectivity index (χ3v) is 4.58. The molecule has 0 heterocycles. The van der Waals surface area contributed by atoms with Crippen LogP contribution in [0.4, 0.5) is 0 Å². The normalized spacial score (nSPS) is 26.0. The van der Waals surface area contributed by atoms with Gasteiger partial charge in [0.05, 0.1) is 13.7 Å². The van der Waals surface area contributed by atoms with Gasteiger partial charge in [-0.25, -0.2) is 0 Å². The molecule has 0 saturated heterocycles. The van der Waals surface area contributed by atoms with Gasteiger partial charge in [0.25, 0.3) is 0 Å². The number of benzene rings is 1. The van der Waals surface area contributed by atoms with Gasteiger partial charge in [-0.3, -0.25) is 0 Å². The minimum atomic E-state index is -0.123. The van der Waals surface area contributed by atoms with E-state index in [1.807, 2.05) is 6.07 Å². The Hall–Kier alpha value is -1.06. The molecule has 0 aliphatic heterocycles. The van der Waals surface area contributed by atoms with Crippen LogP contribution in [0.15, 0.2) is 18.2 Å². The molecule has 104 valence electrons. The summed E-state index contributed by atoms with van der Waals surface area (Å²) in [6, 6.07) is 6.32. The standard InChI is InChI=1S/C16H23NO2/c1-19-15-5-4-13-6-7-16(11-18,9-14(13)8-15)17-10-12-2-3-12/h4-5,8,12,17-18H,2-3,6-7,9-11H2,1H3. The number of aliphatic hydroxyl groups excluding tert-OH is 1. The number of rotatable bonds is 5. The number of fused-ring (bicyclic) bond motifs is 1. The van der Waals surface area contributed by atoms with Gasteiger partial charge in [0.1, 0.15) is 5.75 Å². The van der Waals surface area contributed by atoms with E-state index in [2.05, 4.69) is 17.4 Å². The Morgan fingerprint density at radius 1 is 1.37 bits per heavy atom. The first-order valence-corrected chi connectivity index (χ1v) is 7.26. The van der Waals surface area contributed by atoms with Crippen LogP contribution in [-0.4, -0.2) is 30.9 Å². The molecule has 3 rings (SSSR count). The highest BCUT2D eigenvalue weighted by Crippen LogP contribution is 2.33. The van der Waals surface area contributed by atoms with Crippen molar-refractivity contribution in [1.29, 1.82) is 0 Å². The lowest BCUT2D eigenvalue weighted by Crippen LogP contribution is -2.53. The van der Waals surface area contributed by atoms with E-state index in [4.69, 9.17) is 4.74 Å². The van der Waals surface area contributed by atoms with Crippen molar-refractivity contribution in [2.75, 3.05) is 20.3 Å². The fourth-order valence-corrected chi connectivity index (χ4v) is 2.99. The number of aliphatic hydroxyl groups is 1. The lowest BCUT2D eigenvalue weighted by Gasteiger charge is -2.38. The first-order chi connectivity index (χ1) is 9.24. The lowest BCUT2D eigenvalue weighted by atomic mass is 9.78. The number of ether oxygens (including phenoxy) is 1. The van der Waals surface area contributed by atoms with Gasteiger partial charge in [-0.1, -0.05) is 6.07 Å². The SMILES string of the molecule is COc1ccc2c(c1)CC(CO)(NCC1CC1)CC2. The summed E-state index contributed by atoms with van der Waals surface area (Å²) in [6.07, 6.45) is 5.66. The highest BCUT2D eigenvalue weighted by atomic mass is 16.5. The highest BCUT2D eigenvalue weighted by molar-refractivity contribution is 5.39. The van der Waals surface area contributed by atoms with Crippen molar-refractivity contribution in [3.05, 3.63) is 29.3 Å². The van der Waals surface area contributed by atoms with Crippen molar-refractivity contribution in [2.24, 2.45) is 5.92 Å². The maximum absolute atomic E-state index is 9.83. The first-order valence-electron chi connectivity index (χ1n) is 7.26. The second-order valence-corrected chi connectivity index (χ2v) is 6.07. The molecule has 1 aromatic carbocycles. The predicted octanol–water partition coefficient (Wildman–Crippen LogP) is 1.91. The molecule has 3 nitrogen and oxygen atoms in total. The van der Waals surface area contributed by atoms with Gasteiger partial charge in [0.2, 0.25) is 0 Å². The van der Waals surface area contributed by atoms with E-state index in [0.29, 0.717) is 0 Å². The lowest BCUT2D eigenvalue weighted by molar-refractivity contribution is 0.143. The molecule has 1 atom stereocenters. The quantitative estimate of drug-likeness (QED) is 0.851. The molecule has 0 aromatic heterocycles. The number of methoxy groups -OCH3 is 1. The van der Waals surface area contributed by atoms with Crippen molar-refractivity contribution >= 4 is 0 Å². The van der Waals surface area contributed by atoms with E-state index in [1.54, 1.807) is 7.11 Å². The molecule has 0 spiro atoms. The summed E-state index contributed by atoms with van der Waals surface area (Å²) in [5.41, 5.74) is 2.60. The third kappa shape index (κ3) is 2.77. The molecular weight excluding hydrogens is 238 g/mol. The Bertz CT molecular complexity index is 456. The fourth-order valence-electron chi connectivity index (χ4n) is 2.99. The molecule has 3 heteroatoms. The van der Waals surface area contributed by atoms with Gasteiger partial charge in [0, 0.05) is 5.54 Å². The average Bonchev–Trinajstić information content (AvgIpc) is 3.28. The molecule has 1 unspecified atom stereocenters. The molecule has 1 aromatic rings. The summed E-state index contributed by atoms with van der Waals surface area (Å²) in [4.78, 5) is 0. The van der Waals surface area contributed by atoms with Crippen LogP contribution in [0.1, 0.15) is 30.4 Å². The maximum Gasteiger partial charge on any atom is 0.119 e. The van der Waals surface area contributed by atoms with Gasteiger partial charge in [-0.05, 0) is 67.8 Å². The van der Waals surface area contributed by atoms with E-state index in [0.717, 1.165) is 37.5 Å². The Morgan fingerprint density at radius 2 is 2.21 bits per heavy atom. The van der Waals surface area contributed by atoms with Gasteiger partial charge in [0.15, 0.2) is 0 Å². The van der Waals surface area contributed by atoms with Gasteiger partial charge in [-0.15, -0.1) is 0 Å². The smallest absolute Gasteiger partial charge is 0.119 e. The number of hydrogen-bond donors (Lipinski definition) is 2. The van der Waals surface area contributed by atoms with E-state index in [-0.39, 0.29) is 12.1 Å². The second-order valence-electron chi connectivity index (χ2n) is 6.07. The van der Waals surface area contributed by atoms with Crippen LogP contribution in [0.2, 0.25) is 0 Å². The van der Waals surface area contributed by atoms with Crippen molar-refractivity contribution in [3.8, 4) is 5.75 Å². The van der Waals surface area contributed by atoms with Crippen molar-refractivity contribution in [2.45, 2.75) is 37.6 Å². The Kier molecular flexibility index (Phi) is 3.50. The summed E-state index contributed by atoms with van der Waals surface area (Å²) in [5, 5.41) is 13.5. The van der Waals surface area contributed by atoms with Crippen LogP contribution in [0.3, 0.4) is 0 Å². The molecule has 1 saturated carbocycles. The molecule has 0 amide bonds. The van der Waals surface area contributed by atoms with Crippen LogP contribution in [-0.2, 0) is 12.8 Å². The number of aryl methyl sites for hydroxylation is 1. The minimum absolute atomic E-state index is 0.123. The average molecular weight is 261 g/mol. The van der Waals surface area contributed by atoms with E-state index in [1.165, 1.54) is 24.0 Å². The summed E-state index contributed by atoms with van der Waals surface area (Å²) in [6.45, 7) is 1.27. The first kappa shape index (κ1) is 12.9. The van der Waals surface area contributed by atoms with Crippen LogP contribution >= 0.6 is 0 Å². The Balaban J connectivity index is 1.76. The number of hydrogen-bond acceptors (Lipinski definition) is 3. The summed E-state index contributed by atoms with van der Waals surface area (Å²) < 4.78 is 5.31. The largest absolute Gasteiger partial charge is 0.497 e. The Labute approximate surface area is 115 Å². The third-order valence-electron chi connectivity index (χ3n) is 4.58. The molecule has 1 fully saturated rings. The molecule has 0 bridgehead atoms. The van der Waals surface area contributed by atoms with Gasteiger partial charge >= 0.3 is 0 Å². The zero-order valence-electron chi connectivity index (χ0n) is 11.6. The molecule has 2 aliphatic rings. The molecule has 2 aliphatic carbocycles. The van der Waals surface area contributed by atoms with E-state index >= 15 is 0 Å². The summed E-state index contributed by atoms with van der Waals surface area (Å²) >= 11 is 0. The summed E-state index contributed by atoms with van der Waals surface area (Å²) in [5.74, 6) is 1.75. The number of nitrogens with one attached hydrogen (secondary N) is 1. The minimum Gasteiger partial charge on any atom is -0.497 e. The van der Waals surface area contributed by atoms with Crippen molar-refractivity contribution in [3.63, 3.8) is 0 Å². The van der Waals surface area contributed by atoms with Crippen LogP contribution < -0.4 is 10.1 Å². The zero-order valence-corrected chi connectivity index (χ0v) is 11.6. The van der Waals surface area contributed by atoms with Gasteiger partial charge < -0.3 is 15.2 Å². The monoisotopic (exact) mass is 261 g/mol. The molecule has 2 N–H and O–H groups in total. The highest BCUT2D eigenvalue weighted by Gasteiger charge is 2.35.